The van der Waals surface area contributed by atoms with Crippen LogP contribution in [0.4, 0.5) is 0 Å². The van der Waals surface area contributed by atoms with E-state index in [-0.39, 0.29) is 0 Å². The van der Waals surface area contributed by atoms with Crippen molar-refractivity contribution >= 4 is 16.9 Å². The number of H-pyrrole nitrogens is 1. The third-order valence-electron chi connectivity index (χ3n) is 3.99. The number of nitrogens with zero attached hydrogens (tertiary/aromatic N) is 5. The lowest BCUT2D eigenvalue weighted by Gasteiger charge is -2.02. The highest BCUT2D eigenvalue weighted by molar-refractivity contribution is 5.79. The van der Waals surface area contributed by atoms with E-state index in [1.807, 2.05) is 37.3 Å². The van der Waals surface area contributed by atoms with Crippen LogP contribution in [0, 0.1) is 0 Å². The topological polar surface area (TPSA) is 90.0 Å². The van der Waals surface area contributed by atoms with Crippen LogP contribution in [-0.2, 0) is 13.6 Å². The molecule has 0 unspecified atom stereocenters. The van der Waals surface area contributed by atoms with Crippen LogP contribution in [0.3, 0.4) is 0 Å². The Kier molecular flexibility index (Phi) is 2.74. The van der Waals surface area contributed by atoms with Crippen LogP contribution in [0.15, 0.2) is 39.9 Å². The molecule has 0 saturated carbocycles. The first-order chi connectivity index (χ1) is 11.1. The van der Waals surface area contributed by atoms with Gasteiger partial charge in [0.15, 0.2) is 17.0 Å². The van der Waals surface area contributed by atoms with Gasteiger partial charge in [-0.25, -0.2) is 9.20 Å². The summed E-state index contributed by atoms with van der Waals surface area (Å²) in [5.41, 5.74) is 0.874. The average molecular weight is 310 g/mol. The number of fused-ring (bicyclic) bond motifs is 3. The van der Waals surface area contributed by atoms with Crippen LogP contribution in [-0.4, -0.2) is 28.7 Å². The second-order valence-corrected chi connectivity index (χ2v) is 5.26. The van der Waals surface area contributed by atoms with Gasteiger partial charge in [-0.2, -0.15) is 0 Å². The Morgan fingerprint density at radius 3 is 2.57 bits per heavy atom. The van der Waals surface area contributed by atoms with Crippen LogP contribution in [0.5, 0.6) is 0 Å². The van der Waals surface area contributed by atoms with Crippen molar-refractivity contribution in [3.8, 4) is 11.4 Å². The highest BCUT2D eigenvalue weighted by Gasteiger charge is 2.21. The SMILES string of the molecule is CCn1c2c(=O)[nH]c(=O)n(C)c2n2c(-c3ccccc3)nnc12. The lowest BCUT2D eigenvalue weighted by atomic mass is 10.2. The third kappa shape index (κ3) is 1.71. The lowest BCUT2D eigenvalue weighted by molar-refractivity contribution is 0.788. The minimum Gasteiger partial charge on any atom is -0.303 e. The molecule has 8 nitrogen and oxygen atoms in total. The second kappa shape index (κ2) is 4.67. The lowest BCUT2D eigenvalue weighted by Crippen LogP contribution is -2.29. The maximum Gasteiger partial charge on any atom is 0.329 e. The zero-order chi connectivity index (χ0) is 16.1. The zero-order valence-corrected chi connectivity index (χ0v) is 12.6. The molecule has 0 saturated heterocycles. The fourth-order valence-corrected chi connectivity index (χ4v) is 2.92. The summed E-state index contributed by atoms with van der Waals surface area (Å²) in [5.74, 6) is 1.13. The van der Waals surface area contributed by atoms with Crippen LogP contribution in [0.1, 0.15) is 6.92 Å². The van der Waals surface area contributed by atoms with Crippen molar-refractivity contribution in [2.45, 2.75) is 13.5 Å². The first-order valence-electron chi connectivity index (χ1n) is 7.25. The molecule has 0 bridgehead atoms. The number of hydrogen-bond donors (Lipinski definition) is 1. The molecule has 8 heteroatoms. The first-order valence-corrected chi connectivity index (χ1v) is 7.25. The molecular formula is C15H14N6O2. The molecule has 0 fully saturated rings. The number of nitrogens with one attached hydrogen (secondary N) is 1. The standard InChI is InChI=1S/C15H14N6O2/c1-3-20-10-12(22)16-15(23)19(2)13(10)21-11(17-18-14(20)21)9-7-5-4-6-8-9/h4-8H,3H2,1-2H3,(H,16,22,23). The molecule has 116 valence electrons. The summed E-state index contributed by atoms with van der Waals surface area (Å²) in [7, 11) is 1.62. The van der Waals surface area contributed by atoms with E-state index in [0.29, 0.717) is 29.3 Å². The van der Waals surface area contributed by atoms with E-state index in [2.05, 4.69) is 15.2 Å². The van der Waals surface area contributed by atoms with Crippen LogP contribution in [0.25, 0.3) is 28.3 Å². The van der Waals surface area contributed by atoms with E-state index in [1.54, 1.807) is 16.0 Å². The smallest absolute Gasteiger partial charge is 0.303 e. The Bertz CT molecular complexity index is 1150. The summed E-state index contributed by atoms with van der Waals surface area (Å²) in [6.07, 6.45) is 0. The van der Waals surface area contributed by atoms with Crippen LogP contribution >= 0.6 is 0 Å². The third-order valence-corrected chi connectivity index (χ3v) is 3.99. The van der Waals surface area contributed by atoms with E-state index < -0.39 is 11.2 Å². The molecule has 0 aliphatic heterocycles. The van der Waals surface area contributed by atoms with Gasteiger partial charge in [0.1, 0.15) is 0 Å². The Morgan fingerprint density at radius 2 is 1.87 bits per heavy atom. The van der Waals surface area contributed by atoms with Crippen LogP contribution in [0.2, 0.25) is 0 Å². The fourth-order valence-electron chi connectivity index (χ4n) is 2.92. The van der Waals surface area contributed by atoms with E-state index in [0.717, 1.165) is 5.56 Å². The van der Waals surface area contributed by atoms with Crippen molar-refractivity contribution in [1.82, 2.24) is 28.7 Å². The quantitative estimate of drug-likeness (QED) is 0.592. The zero-order valence-electron chi connectivity index (χ0n) is 12.6. The highest BCUT2D eigenvalue weighted by atomic mass is 16.2. The maximum absolute atomic E-state index is 12.3. The van der Waals surface area contributed by atoms with Crippen molar-refractivity contribution in [2.75, 3.05) is 0 Å². The summed E-state index contributed by atoms with van der Waals surface area (Å²) in [5, 5.41) is 8.47. The minimum absolute atomic E-state index is 0.414. The Hall–Kier alpha value is -3.16. The van der Waals surface area contributed by atoms with Gasteiger partial charge in [0.25, 0.3) is 5.56 Å². The van der Waals surface area contributed by atoms with Gasteiger partial charge < -0.3 is 4.57 Å². The maximum atomic E-state index is 12.3. The summed E-state index contributed by atoms with van der Waals surface area (Å²) in [6, 6.07) is 9.55. The molecule has 4 aromatic rings. The monoisotopic (exact) mass is 310 g/mol. The van der Waals surface area contributed by atoms with E-state index in [1.165, 1.54) is 4.57 Å². The number of imidazole rings is 1. The summed E-state index contributed by atoms with van der Waals surface area (Å²) in [4.78, 5) is 26.6. The molecule has 23 heavy (non-hydrogen) atoms. The Labute approximate surface area is 129 Å². The number of aromatic nitrogens is 6. The normalized spacial score (nSPS) is 11.6. The number of benzene rings is 1. The van der Waals surface area contributed by atoms with Gasteiger partial charge in [0.05, 0.1) is 0 Å². The number of aromatic amines is 1. The van der Waals surface area contributed by atoms with Gasteiger partial charge in [0.2, 0.25) is 5.78 Å². The minimum atomic E-state index is -0.467. The van der Waals surface area contributed by atoms with E-state index >= 15 is 0 Å². The molecule has 0 spiro atoms. The first kappa shape index (κ1) is 13.5. The molecule has 0 aliphatic rings. The van der Waals surface area contributed by atoms with Crippen molar-refractivity contribution in [3.05, 3.63) is 51.2 Å². The molecule has 0 amide bonds. The Morgan fingerprint density at radius 1 is 1.13 bits per heavy atom. The Balaban J connectivity index is 2.29. The molecule has 1 N–H and O–H groups in total. The fraction of sp³-hybridized carbons (Fsp3) is 0.200. The largest absolute Gasteiger partial charge is 0.329 e. The number of aryl methyl sites for hydroxylation is 2. The molecule has 3 heterocycles. The highest BCUT2D eigenvalue weighted by Crippen LogP contribution is 2.23. The summed E-state index contributed by atoms with van der Waals surface area (Å²) < 4.78 is 4.92. The van der Waals surface area contributed by atoms with Crippen molar-refractivity contribution in [2.24, 2.45) is 7.05 Å². The second-order valence-electron chi connectivity index (χ2n) is 5.26. The number of hydrogen-bond acceptors (Lipinski definition) is 4. The van der Waals surface area contributed by atoms with Gasteiger partial charge >= 0.3 is 5.69 Å². The molecule has 0 radical (unpaired) electrons. The van der Waals surface area contributed by atoms with Gasteiger partial charge in [-0.15, -0.1) is 10.2 Å². The number of rotatable bonds is 2. The molecule has 3 aromatic heterocycles. The van der Waals surface area contributed by atoms with Gasteiger partial charge in [-0.3, -0.25) is 14.3 Å². The molecule has 0 aliphatic carbocycles. The van der Waals surface area contributed by atoms with Crippen LogP contribution < -0.4 is 11.2 Å². The molecule has 4 rings (SSSR count). The molecule has 1 aromatic carbocycles. The van der Waals surface area contributed by atoms with Gasteiger partial charge in [-0.1, -0.05) is 30.3 Å². The van der Waals surface area contributed by atoms with Crippen molar-refractivity contribution in [1.29, 1.82) is 0 Å². The predicted octanol–water partition coefficient (Wildman–Crippen LogP) is 0.758. The summed E-state index contributed by atoms with van der Waals surface area (Å²) >= 11 is 0. The molecular weight excluding hydrogens is 296 g/mol. The predicted molar refractivity (Wildman–Crippen MR) is 85.5 cm³/mol. The van der Waals surface area contributed by atoms with Gasteiger partial charge in [-0.05, 0) is 6.92 Å². The van der Waals surface area contributed by atoms with Gasteiger partial charge in [0, 0.05) is 19.2 Å². The van der Waals surface area contributed by atoms with Crippen molar-refractivity contribution in [3.63, 3.8) is 0 Å². The van der Waals surface area contributed by atoms with E-state index in [4.69, 9.17) is 0 Å². The van der Waals surface area contributed by atoms with Crippen molar-refractivity contribution < 1.29 is 0 Å². The van der Waals surface area contributed by atoms with E-state index in [9.17, 15) is 9.59 Å². The summed E-state index contributed by atoms with van der Waals surface area (Å²) in [6.45, 7) is 2.46. The average Bonchev–Trinajstić information content (AvgIpc) is 3.11. The molecule has 0 atom stereocenters.